The zero-order valence-corrected chi connectivity index (χ0v) is 10.9. The van der Waals surface area contributed by atoms with E-state index in [0.717, 1.165) is 6.54 Å². The summed E-state index contributed by atoms with van der Waals surface area (Å²) in [4.78, 5) is 11.8. The second-order valence-electron chi connectivity index (χ2n) is 4.12. The monoisotopic (exact) mass is 255 g/mol. The summed E-state index contributed by atoms with van der Waals surface area (Å²) in [5.41, 5.74) is 6.39. The number of nitrogen functional groups attached to an aromatic ring is 1. The molecule has 0 aliphatic heterocycles. The molecule has 0 aromatic carbocycles. The molecule has 94 valence electrons. The summed E-state index contributed by atoms with van der Waals surface area (Å²) in [5, 5.41) is 5.02. The summed E-state index contributed by atoms with van der Waals surface area (Å²) in [6.45, 7) is 2.93. The number of anilines is 1. The van der Waals surface area contributed by atoms with Crippen LogP contribution in [-0.4, -0.2) is 28.6 Å². The standard InChI is InChI=1S/C11H17N3O2S/c1-3-16-11(15)8-9(12)14(6-7-4-5-7)13-10(8)17-2/h7H,3-6,12H2,1-2H3. The lowest BCUT2D eigenvalue weighted by atomic mass is 10.3. The first-order valence-corrected chi connectivity index (χ1v) is 6.97. The molecule has 0 amide bonds. The van der Waals surface area contributed by atoms with Gasteiger partial charge in [0.1, 0.15) is 16.4 Å². The van der Waals surface area contributed by atoms with Crippen LogP contribution in [0.4, 0.5) is 5.82 Å². The van der Waals surface area contributed by atoms with E-state index in [9.17, 15) is 4.79 Å². The fraction of sp³-hybridized carbons (Fsp3) is 0.636. The van der Waals surface area contributed by atoms with Crippen LogP contribution in [0.1, 0.15) is 30.1 Å². The summed E-state index contributed by atoms with van der Waals surface area (Å²) in [6, 6.07) is 0. The largest absolute Gasteiger partial charge is 0.462 e. The first-order chi connectivity index (χ1) is 8.17. The van der Waals surface area contributed by atoms with Crippen LogP contribution in [-0.2, 0) is 11.3 Å². The Morgan fingerprint density at radius 3 is 2.88 bits per heavy atom. The van der Waals surface area contributed by atoms with E-state index >= 15 is 0 Å². The smallest absolute Gasteiger partial charge is 0.344 e. The van der Waals surface area contributed by atoms with Crippen molar-refractivity contribution in [2.45, 2.75) is 31.3 Å². The first kappa shape index (κ1) is 12.3. The number of esters is 1. The zero-order valence-electron chi connectivity index (χ0n) is 10.1. The van der Waals surface area contributed by atoms with Gasteiger partial charge in [-0.2, -0.15) is 5.10 Å². The van der Waals surface area contributed by atoms with E-state index in [0.29, 0.717) is 28.9 Å². The van der Waals surface area contributed by atoms with Gasteiger partial charge >= 0.3 is 5.97 Å². The maximum atomic E-state index is 11.8. The van der Waals surface area contributed by atoms with Crippen molar-refractivity contribution >= 4 is 23.5 Å². The van der Waals surface area contributed by atoms with Gasteiger partial charge in [0.05, 0.1) is 6.61 Å². The highest BCUT2D eigenvalue weighted by Crippen LogP contribution is 2.33. The highest BCUT2D eigenvalue weighted by Gasteiger charge is 2.27. The Kier molecular flexibility index (Phi) is 3.61. The molecule has 1 aliphatic rings. The van der Waals surface area contributed by atoms with Crippen LogP contribution in [0.3, 0.4) is 0 Å². The molecular weight excluding hydrogens is 238 g/mol. The highest BCUT2D eigenvalue weighted by atomic mass is 32.2. The Balaban J connectivity index is 2.27. The van der Waals surface area contributed by atoms with Crippen molar-refractivity contribution in [3.8, 4) is 0 Å². The number of rotatable bonds is 5. The lowest BCUT2D eigenvalue weighted by molar-refractivity contribution is 0.0523. The minimum Gasteiger partial charge on any atom is -0.462 e. The summed E-state index contributed by atoms with van der Waals surface area (Å²) < 4.78 is 6.73. The Morgan fingerprint density at radius 1 is 1.65 bits per heavy atom. The van der Waals surface area contributed by atoms with Crippen LogP contribution in [0.5, 0.6) is 0 Å². The molecule has 1 aromatic rings. The molecule has 5 nitrogen and oxygen atoms in total. The zero-order chi connectivity index (χ0) is 12.4. The fourth-order valence-electron chi connectivity index (χ4n) is 1.67. The number of thioether (sulfide) groups is 1. The minimum absolute atomic E-state index is 0.347. The van der Waals surface area contributed by atoms with Crippen LogP contribution in [0, 0.1) is 5.92 Å². The fourth-order valence-corrected chi connectivity index (χ4v) is 2.25. The lowest BCUT2D eigenvalue weighted by Crippen LogP contribution is -2.10. The Hall–Kier alpha value is -1.17. The van der Waals surface area contributed by atoms with Crippen molar-refractivity contribution in [1.29, 1.82) is 0 Å². The predicted octanol–water partition coefficient (Wildman–Crippen LogP) is 1.77. The van der Waals surface area contributed by atoms with Crippen LogP contribution < -0.4 is 5.73 Å². The quantitative estimate of drug-likeness (QED) is 0.641. The average Bonchev–Trinajstić information content (AvgIpc) is 3.05. The molecule has 2 N–H and O–H groups in total. The van der Waals surface area contributed by atoms with E-state index in [2.05, 4.69) is 5.10 Å². The number of carbonyl (C=O) groups excluding carboxylic acids is 1. The molecule has 1 aromatic heterocycles. The molecule has 1 fully saturated rings. The van der Waals surface area contributed by atoms with Crippen molar-refractivity contribution in [2.75, 3.05) is 18.6 Å². The molecule has 1 heterocycles. The third-order valence-electron chi connectivity index (χ3n) is 2.76. The van der Waals surface area contributed by atoms with Crippen LogP contribution in [0.15, 0.2) is 5.03 Å². The summed E-state index contributed by atoms with van der Waals surface area (Å²) >= 11 is 1.42. The van der Waals surface area contributed by atoms with Crippen molar-refractivity contribution in [1.82, 2.24) is 9.78 Å². The van der Waals surface area contributed by atoms with E-state index < -0.39 is 0 Å². The van der Waals surface area contributed by atoms with Crippen molar-refractivity contribution in [3.05, 3.63) is 5.56 Å². The molecule has 2 rings (SSSR count). The molecule has 1 saturated carbocycles. The maximum absolute atomic E-state index is 11.8. The molecule has 0 saturated heterocycles. The average molecular weight is 255 g/mol. The van der Waals surface area contributed by atoms with Gasteiger partial charge in [0.15, 0.2) is 0 Å². The normalized spacial score (nSPS) is 14.9. The number of aromatic nitrogens is 2. The number of nitrogens with two attached hydrogens (primary N) is 1. The summed E-state index contributed by atoms with van der Waals surface area (Å²) in [5.74, 6) is 0.720. The Labute approximate surface area is 105 Å². The molecular formula is C11H17N3O2S. The van der Waals surface area contributed by atoms with Gasteiger partial charge in [0.2, 0.25) is 0 Å². The van der Waals surface area contributed by atoms with Gasteiger partial charge in [0.25, 0.3) is 0 Å². The SMILES string of the molecule is CCOC(=O)c1c(SC)nn(CC2CC2)c1N. The number of hydrogen-bond donors (Lipinski definition) is 1. The van der Waals surface area contributed by atoms with Gasteiger partial charge in [-0.15, -0.1) is 11.8 Å². The molecule has 0 unspecified atom stereocenters. The molecule has 0 atom stereocenters. The maximum Gasteiger partial charge on any atom is 0.344 e. The van der Waals surface area contributed by atoms with Crippen LogP contribution >= 0.6 is 11.8 Å². The number of ether oxygens (including phenoxy) is 1. The third-order valence-corrected chi connectivity index (χ3v) is 3.43. The van der Waals surface area contributed by atoms with Gasteiger partial charge < -0.3 is 10.5 Å². The van der Waals surface area contributed by atoms with Crippen molar-refractivity contribution < 1.29 is 9.53 Å². The topological polar surface area (TPSA) is 70.1 Å². The van der Waals surface area contributed by atoms with E-state index in [1.54, 1.807) is 11.6 Å². The molecule has 1 aliphatic carbocycles. The van der Waals surface area contributed by atoms with Gasteiger partial charge in [-0.3, -0.25) is 0 Å². The van der Waals surface area contributed by atoms with Crippen molar-refractivity contribution in [3.63, 3.8) is 0 Å². The van der Waals surface area contributed by atoms with Gasteiger partial charge in [-0.1, -0.05) is 0 Å². The van der Waals surface area contributed by atoms with Gasteiger partial charge in [-0.05, 0) is 31.9 Å². The molecule has 17 heavy (non-hydrogen) atoms. The van der Waals surface area contributed by atoms with Crippen LogP contribution in [0.25, 0.3) is 0 Å². The predicted molar refractivity (Wildman–Crippen MR) is 67.1 cm³/mol. The Morgan fingerprint density at radius 2 is 2.35 bits per heavy atom. The molecule has 0 bridgehead atoms. The number of hydrogen-bond acceptors (Lipinski definition) is 5. The minimum atomic E-state index is -0.378. The number of nitrogens with zero attached hydrogens (tertiary/aromatic N) is 2. The number of carbonyl (C=O) groups is 1. The van der Waals surface area contributed by atoms with Crippen molar-refractivity contribution in [2.24, 2.45) is 5.92 Å². The van der Waals surface area contributed by atoms with E-state index in [1.165, 1.54) is 24.6 Å². The first-order valence-electron chi connectivity index (χ1n) is 5.74. The van der Waals surface area contributed by atoms with E-state index in [-0.39, 0.29) is 5.97 Å². The summed E-state index contributed by atoms with van der Waals surface area (Å²) in [6.07, 6.45) is 4.33. The highest BCUT2D eigenvalue weighted by molar-refractivity contribution is 7.98. The molecule has 0 radical (unpaired) electrons. The van der Waals surface area contributed by atoms with E-state index in [4.69, 9.17) is 10.5 Å². The second-order valence-corrected chi connectivity index (χ2v) is 4.91. The lowest BCUT2D eigenvalue weighted by Gasteiger charge is -2.03. The van der Waals surface area contributed by atoms with Crippen LogP contribution in [0.2, 0.25) is 0 Å². The third kappa shape index (κ3) is 2.57. The Bertz CT molecular complexity index is 427. The van der Waals surface area contributed by atoms with E-state index in [1.807, 2.05) is 6.26 Å². The molecule has 6 heteroatoms. The van der Waals surface area contributed by atoms with Gasteiger partial charge in [-0.25, -0.2) is 9.48 Å². The second kappa shape index (κ2) is 5.00. The summed E-state index contributed by atoms with van der Waals surface area (Å²) in [7, 11) is 0. The van der Waals surface area contributed by atoms with Gasteiger partial charge in [0, 0.05) is 6.54 Å². The molecule has 0 spiro atoms.